The molecule has 0 aromatic carbocycles. The highest BCUT2D eigenvalue weighted by atomic mass is 14.5. The minimum absolute atomic E-state index is 0.963. The first-order valence-electron chi connectivity index (χ1n) is 4.84. The quantitative estimate of drug-likeness (QED) is 0.635. The Hall–Kier alpha value is -1.08. The SMILES string of the molecule is C=C/C=C/C=C/C1=C(C[NH3+])CCC1. The van der Waals surface area contributed by atoms with Crippen LogP contribution in [0.1, 0.15) is 19.3 Å². The Bertz CT molecular complexity index is 256. The number of hydrogen-bond donors (Lipinski definition) is 1. The first-order chi connectivity index (χ1) is 6.38. The van der Waals surface area contributed by atoms with E-state index in [2.05, 4.69) is 24.5 Å². The van der Waals surface area contributed by atoms with Crippen molar-refractivity contribution in [1.29, 1.82) is 0 Å². The summed E-state index contributed by atoms with van der Waals surface area (Å²) in [5.74, 6) is 0. The lowest BCUT2D eigenvalue weighted by atomic mass is 10.1. The molecule has 13 heavy (non-hydrogen) atoms. The van der Waals surface area contributed by atoms with Gasteiger partial charge in [0.1, 0.15) is 0 Å². The highest BCUT2D eigenvalue weighted by molar-refractivity contribution is 5.31. The molecule has 0 aromatic rings. The zero-order valence-electron chi connectivity index (χ0n) is 8.13. The number of hydrogen-bond acceptors (Lipinski definition) is 0. The van der Waals surface area contributed by atoms with Gasteiger partial charge in [-0.25, -0.2) is 0 Å². The molecule has 0 bridgehead atoms. The van der Waals surface area contributed by atoms with E-state index in [0.29, 0.717) is 0 Å². The molecule has 0 aliphatic heterocycles. The van der Waals surface area contributed by atoms with E-state index in [1.807, 2.05) is 12.2 Å². The molecule has 1 aliphatic carbocycles. The van der Waals surface area contributed by atoms with Crippen molar-refractivity contribution in [2.45, 2.75) is 19.3 Å². The third-order valence-electron chi connectivity index (χ3n) is 2.34. The van der Waals surface area contributed by atoms with Crippen molar-refractivity contribution in [2.75, 3.05) is 6.54 Å². The first kappa shape index (κ1) is 10.0. The number of rotatable bonds is 4. The molecule has 1 aliphatic rings. The predicted molar refractivity (Wildman–Crippen MR) is 57.1 cm³/mol. The highest BCUT2D eigenvalue weighted by Gasteiger charge is 2.11. The Morgan fingerprint density at radius 3 is 2.77 bits per heavy atom. The van der Waals surface area contributed by atoms with Gasteiger partial charge < -0.3 is 5.73 Å². The monoisotopic (exact) mass is 176 g/mol. The molecular weight excluding hydrogens is 158 g/mol. The van der Waals surface area contributed by atoms with Crippen molar-refractivity contribution in [2.24, 2.45) is 0 Å². The molecule has 0 unspecified atom stereocenters. The average molecular weight is 176 g/mol. The summed E-state index contributed by atoms with van der Waals surface area (Å²) in [5.41, 5.74) is 6.96. The maximum Gasteiger partial charge on any atom is 0.0962 e. The maximum atomic E-state index is 3.94. The van der Waals surface area contributed by atoms with Gasteiger partial charge in [-0.15, -0.1) is 0 Å². The minimum atomic E-state index is 0.963. The lowest BCUT2D eigenvalue weighted by molar-refractivity contribution is -0.356. The van der Waals surface area contributed by atoms with Gasteiger partial charge in [0.25, 0.3) is 0 Å². The van der Waals surface area contributed by atoms with Crippen LogP contribution in [0, 0.1) is 0 Å². The van der Waals surface area contributed by atoms with Gasteiger partial charge in [-0.2, -0.15) is 0 Å². The standard InChI is InChI=1S/C12H17N/c1-2-3-4-5-7-11-8-6-9-12(11)10-13/h2-5,7H,1,6,8-10,13H2/p+1/b4-3+,7-5+. The minimum Gasteiger partial charge on any atom is -0.354 e. The average Bonchev–Trinajstić information content (AvgIpc) is 2.60. The van der Waals surface area contributed by atoms with Crippen LogP contribution in [0.25, 0.3) is 0 Å². The lowest BCUT2D eigenvalue weighted by Crippen LogP contribution is -2.51. The fourth-order valence-corrected chi connectivity index (χ4v) is 1.63. The Morgan fingerprint density at radius 2 is 2.08 bits per heavy atom. The van der Waals surface area contributed by atoms with Crippen molar-refractivity contribution in [3.05, 3.63) is 48.1 Å². The van der Waals surface area contributed by atoms with Crippen molar-refractivity contribution in [3.63, 3.8) is 0 Å². The molecule has 0 spiro atoms. The topological polar surface area (TPSA) is 27.6 Å². The van der Waals surface area contributed by atoms with Crippen molar-refractivity contribution in [1.82, 2.24) is 0 Å². The molecular formula is C12H18N+. The summed E-state index contributed by atoms with van der Waals surface area (Å²) in [6.45, 7) is 4.58. The van der Waals surface area contributed by atoms with Crippen molar-refractivity contribution >= 4 is 0 Å². The molecule has 0 atom stereocenters. The Labute approximate surface area is 80.3 Å². The second-order valence-electron chi connectivity index (χ2n) is 3.21. The van der Waals surface area contributed by atoms with E-state index in [1.54, 1.807) is 6.08 Å². The van der Waals surface area contributed by atoms with E-state index in [-0.39, 0.29) is 0 Å². The Morgan fingerprint density at radius 1 is 1.23 bits per heavy atom. The van der Waals surface area contributed by atoms with Crippen LogP contribution in [-0.2, 0) is 0 Å². The van der Waals surface area contributed by atoms with Gasteiger partial charge in [-0.3, -0.25) is 0 Å². The van der Waals surface area contributed by atoms with Crippen molar-refractivity contribution in [3.8, 4) is 0 Å². The molecule has 3 N–H and O–H groups in total. The number of allylic oxidation sites excluding steroid dienone is 6. The molecule has 0 fully saturated rings. The zero-order chi connectivity index (χ0) is 9.52. The second-order valence-corrected chi connectivity index (χ2v) is 3.21. The van der Waals surface area contributed by atoms with Crippen LogP contribution in [-0.4, -0.2) is 6.54 Å². The third kappa shape index (κ3) is 3.03. The van der Waals surface area contributed by atoms with E-state index >= 15 is 0 Å². The summed E-state index contributed by atoms with van der Waals surface area (Å²) in [5, 5.41) is 0. The van der Waals surface area contributed by atoms with Crippen LogP contribution in [0.4, 0.5) is 0 Å². The molecule has 0 radical (unpaired) electrons. The van der Waals surface area contributed by atoms with Gasteiger partial charge in [0, 0.05) is 0 Å². The molecule has 0 saturated heterocycles. The molecule has 1 nitrogen and oxygen atoms in total. The van der Waals surface area contributed by atoms with E-state index in [1.165, 1.54) is 30.4 Å². The van der Waals surface area contributed by atoms with Crippen molar-refractivity contribution < 1.29 is 5.73 Å². The van der Waals surface area contributed by atoms with Crippen LogP contribution < -0.4 is 5.73 Å². The van der Waals surface area contributed by atoms with Crippen LogP contribution in [0.2, 0.25) is 0 Å². The van der Waals surface area contributed by atoms with E-state index in [9.17, 15) is 0 Å². The van der Waals surface area contributed by atoms with Gasteiger partial charge in [-0.1, -0.05) is 37.0 Å². The van der Waals surface area contributed by atoms with Crippen LogP contribution in [0.15, 0.2) is 48.1 Å². The summed E-state index contributed by atoms with van der Waals surface area (Å²) in [6, 6.07) is 0. The second kappa shape index (κ2) is 5.55. The van der Waals surface area contributed by atoms with Gasteiger partial charge >= 0.3 is 0 Å². The fraction of sp³-hybridized carbons (Fsp3) is 0.333. The van der Waals surface area contributed by atoms with E-state index < -0.39 is 0 Å². The normalized spacial score (nSPS) is 17.9. The van der Waals surface area contributed by atoms with Crippen LogP contribution >= 0.6 is 0 Å². The smallest absolute Gasteiger partial charge is 0.0962 e. The summed E-state index contributed by atoms with van der Waals surface area (Å²) < 4.78 is 0. The molecule has 0 heterocycles. The Balaban J connectivity index is 2.56. The first-order valence-corrected chi connectivity index (χ1v) is 4.84. The maximum absolute atomic E-state index is 3.94. The van der Waals surface area contributed by atoms with E-state index in [0.717, 1.165) is 6.54 Å². The largest absolute Gasteiger partial charge is 0.354 e. The van der Waals surface area contributed by atoms with Gasteiger partial charge in [-0.05, 0) is 30.4 Å². The summed E-state index contributed by atoms with van der Waals surface area (Å²) in [6.07, 6.45) is 13.8. The molecule has 0 amide bonds. The van der Waals surface area contributed by atoms with Gasteiger partial charge in [0.15, 0.2) is 0 Å². The summed E-state index contributed by atoms with van der Waals surface area (Å²) in [7, 11) is 0. The molecule has 1 heteroatoms. The molecule has 0 saturated carbocycles. The van der Waals surface area contributed by atoms with Gasteiger partial charge in [0.05, 0.1) is 6.54 Å². The Kier molecular flexibility index (Phi) is 4.27. The number of quaternary nitrogens is 1. The molecule has 0 aromatic heterocycles. The summed E-state index contributed by atoms with van der Waals surface area (Å²) in [4.78, 5) is 0. The molecule has 70 valence electrons. The third-order valence-corrected chi connectivity index (χ3v) is 2.34. The molecule has 1 rings (SSSR count). The predicted octanol–water partition coefficient (Wildman–Crippen LogP) is 2.01. The zero-order valence-corrected chi connectivity index (χ0v) is 8.13. The van der Waals surface area contributed by atoms with Crippen LogP contribution in [0.5, 0.6) is 0 Å². The van der Waals surface area contributed by atoms with Gasteiger partial charge in [0.2, 0.25) is 0 Å². The fourth-order valence-electron chi connectivity index (χ4n) is 1.63. The highest BCUT2D eigenvalue weighted by Crippen LogP contribution is 2.25. The van der Waals surface area contributed by atoms with E-state index in [4.69, 9.17) is 0 Å². The summed E-state index contributed by atoms with van der Waals surface area (Å²) >= 11 is 0. The van der Waals surface area contributed by atoms with Crippen LogP contribution in [0.3, 0.4) is 0 Å². The lowest BCUT2D eigenvalue weighted by Gasteiger charge is -1.95.